The number of oxazole rings is 1. The highest BCUT2D eigenvalue weighted by atomic mass is 16.4. The summed E-state index contributed by atoms with van der Waals surface area (Å²) in [5.41, 5.74) is 5.45. The van der Waals surface area contributed by atoms with Crippen molar-refractivity contribution < 1.29 is 9.21 Å². The average molecular weight is 225 g/mol. The van der Waals surface area contributed by atoms with E-state index < -0.39 is 0 Å². The largest absolute Gasteiger partial charge is 0.444 e. The number of nitrogens with two attached hydrogens (primary N) is 1. The summed E-state index contributed by atoms with van der Waals surface area (Å²) in [4.78, 5) is 15.6. The van der Waals surface area contributed by atoms with Gasteiger partial charge in [-0.3, -0.25) is 4.79 Å². The predicted octanol–water partition coefficient (Wildman–Crippen LogP) is 1.15. The van der Waals surface area contributed by atoms with E-state index in [-0.39, 0.29) is 17.9 Å². The second-order valence-electron chi connectivity index (χ2n) is 4.14. The zero-order chi connectivity index (χ0) is 12.1. The summed E-state index contributed by atoms with van der Waals surface area (Å²) >= 11 is 0. The molecule has 0 aliphatic rings. The first kappa shape index (κ1) is 12.7. The van der Waals surface area contributed by atoms with E-state index in [2.05, 4.69) is 10.3 Å². The molecule has 5 nitrogen and oxygen atoms in total. The minimum absolute atomic E-state index is 0.0266. The Labute approximate surface area is 95.4 Å². The number of hydrogen-bond donors (Lipinski definition) is 2. The van der Waals surface area contributed by atoms with Gasteiger partial charge in [0.2, 0.25) is 11.8 Å². The molecule has 2 atom stereocenters. The van der Waals surface area contributed by atoms with E-state index in [1.807, 2.05) is 20.8 Å². The summed E-state index contributed by atoms with van der Waals surface area (Å²) in [5, 5.41) is 2.82. The van der Waals surface area contributed by atoms with E-state index in [4.69, 9.17) is 10.2 Å². The zero-order valence-electron chi connectivity index (χ0n) is 9.99. The highest BCUT2D eigenvalue weighted by molar-refractivity contribution is 5.76. The number of aryl methyl sites for hydroxylation is 1. The Morgan fingerprint density at radius 3 is 2.81 bits per heavy atom. The van der Waals surface area contributed by atoms with E-state index in [1.165, 1.54) is 0 Å². The molecule has 1 amide bonds. The number of rotatable bonds is 5. The van der Waals surface area contributed by atoms with Gasteiger partial charge in [0, 0.05) is 6.42 Å². The molecule has 1 aromatic heterocycles. The molecule has 0 aromatic carbocycles. The average Bonchev–Trinajstić information content (AvgIpc) is 2.64. The maximum Gasteiger partial charge on any atom is 0.220 e. The molecule has 1 heterocycles. The van der Waals surface area contributed by atoms with Crippen molar-refractivity contribution in [3.05, 3.63) is 17.8 Å². The van der Waals surface area contributed by atoms with Gasteiger partial charge in [-0.2, -0.15) is 0 Å². The van der Waals surface area contributed by atoms with Crippen LogP contribution in [0.15, 0.2) is 10.6 Å². The van der Waals surface area contributed by atoms with Gasteiger partial charge in [-0.1, -0.05) is 6.92 Å². The van der Waals surface area contributed by atoms with Crippen molar-refractivity contribution in [3.8, 4) is 0 Å². The summed E-state index contributed by atoms with van der Waals surface area (Å²) in [6, 6.07) is -0.203. The van der Waals surface area contributed by atoms with Crippen molar-refractivity contribution in [1.82, 2.24) is 10.3 Å². The maximum absolute atomic E-state index is 11.6. The normalized spacial score (nSPS) is 14.5. The summed E-state index contributed by atoms with van der Waals surface area (Å²) in [6.07, 6.45) is 2.07. The van der Waals surface area contributed by atoms with Gasteiger partial charge in [0.25, 0.3) is 0 Å². The number of amides is 1. The van der Waals surface area contributed by atoms with Crippen LogP contribution in [0.3, 0.4) is 0 Å². The number of aromatic nitrogens is 1. The SMILES string of the molecule is Cc1cnc(C(C)NC(=O)CC(C)CN)o1. The summed E-state index contributed by atoms with van der Waals surface area (Å²) in [6.45, 7) is 6.12. The Bertz CT molecular complexity index is 349. The topological polar surface area (TPSA) is 81.2 Å². The molecule has 2 unspecified atom stereocenters. The van der Waals surface area contributed by atoms with Crippen LogP contribution in [0.25, 0.3) is 0 Å². The lowest BCUT2D eigenvalue weighted by molar-refractivity contribution is -0.122. The van der Waals surface area contributed by atoms with Crippen LogP contribution in [0.2, 0.25) is 0 Å². The van der Waals surface area contributed by atoms with Crippen LogP contribution >= 0.6 is 0 Å². The lowest BCUT2D eigenvalue weighted by atomic mass is 10.1. The molecule has 0 fully saturated rings. The maximum atomic E-state index is 11.6. The minimum Gasteiger partial charge on any atom is -0.444 e. The van der Waals surface area contributed by atoms with E-state index in [0.717, 1.165) is 5.76 Å². The molecule has 3 N–H and O–H groups in total. The lowest BCUT2D eigenvalue weighted by Gasteiger charge is -2.12. The molecule has 16 heavy (non-hydrogen) atoms. The first-order valence-electron chi connectivity index (χ1n) is 5.44. The highest BCUT2D eigenvalue weighted by Crippen LogP contribution is 2.12. The number of nitrogens with one attached hydrogen (secondary N) is 1. The molecule has 5 heteroatoms. The van der Waals surface area contributed by atoms with Crippen LogP contribution in [-0.4, -0.2) is 17.4 Å². The fourth-order valence-corrected chi connectivity index (χ4v) is 1.33. The van der Waals surface area contributed by atoms with E-state index in [0.29, 0.717) is 18.9 Å². The van der Waals surface area contributed by atoms with Gasteiger partial charge in [0.05, 0.1) is 6.20 Å². The molecule has 0 aliphatic heterocycles. The van der Waals surface area contributed by atoms with Gasteiger partial charge in [-0.15, -0.1) is 0 Å². The van der Waals surface area contributed by atoms with Crippen molar-refractivity contribution in [2.24, 2.45) is 11.7 Å². The Kier molecular flexibility index (Phi) is 4.49. The summed E-state index contributed by atoms with van der Waals surface area (Å²) < 4.78 is 5.33. The van der Waals surface area contributed by atoms with Crippen LogP contribution in [-0.2, 0) is 4.79 Å². The number of nitrogens with zero attached hydrogens (tertiary/aromatic N) is 1. The number of carbonyl (C=O) groups excluding carboxylic acids is 1. The van der Waals surface area contributed by atoms with Crippen LogP contribution in [0.1, 0.15) is 38.0 Å². The third-order valence-corrected chi connectivity index (χ3v) is 2.32. The molecule has 0 bridgehead atoms. The standard InChI is InChI=1S/C11H19N3O2/c1-7(5-12)4-10(15)14-9(3)11-13-6-8(2)16-11/h6-7,9H,4-5,12H2,1-3H3,(H,14,15). The first-order chi connectivity index (χ1) is 7.52. The molecule has 0 saturated carbocycles. The monoisotopic (exact) mass is 225 g/mol. The molecule has 0 saturated heterocycles. The van der Waals surface area contributed by atoms with Crippen LogP contribution in [0.5, 0.6) is 0 Å². The third kappa shape index (κ3) is 3.66. The van der Waals surface area contributed by atoms with Gasteiger partial charge >= 0.3 is 0 Å². The van der Waals surface area contributed by atoms with Crippen LogP contribution in [0.4, 0.5) is 0 Å². The Morgan fingerprint density at radius 2 is 2.31 bits per heavy atom. The van der Waals surface area contributed by atoms with Crippen molar-refractivity contribution >= 4 is 5.91 Å². The number of carbonyl (C=O) groups is 1. The Morgan fingerprint density at radius 1 is 1.62 bits per heavy atom. The quantitative estimate of drug-likeness (QED) is 0.787. The second kappa shape index (κ2) is 5.65. The molecular weight excluding hydrogens is 206 g/mol. The van der Waals surface area contributed by atoms with Crippen LogP contribution in [0, 0.1) is 12.8 Å². The van der Waals surface area contributed by atoms with Gasteiger partial charge in [0.1, 0.15) is 11.8 Å². The minimum atomic E-state index is -0.203. The molecule has 0 spiro atoms. The van der Waals surface area contributed by atoms with Crippen molar-refractivity contribution in [2.75, 3.05) is 6.54 Å². The molecule has 1 aromatic rings. The van der Waals surface area contributed by atoms with E-state index in [1.54, 1.807) is 6.20 Å². The smallest absolute Gasteiger partial charge is 0.220 e. The van der Waals surface area contributed by atoms with Gasteiger partial charge < -0.3 is 15.5 Å². The third-order valence-electron chi connectivity index (χ3n) is 2.32. The first-order valence-corrected chi connectivity index (χ1v) is 5.44. The van der Waals surface area contributed by atoms with E-state index in [9.17, 15) is 4.79 Å². The lowest BCUT2D eigenvalue weighted by Crippen LogP contribution is -2.29. The molecule has 1 rings (SSSR count). The van der Waals surface area contributed by atoms with Gasteiger partial charge in [-0.05, 0) is 26.3 Å². The molecule has 0 aliphatic carbocycles. The molecular formula is C11H19N3O2. The van der Waals surface area contributed by atoms with Crippen molar-refractivity contribution in [1.29, 1.82) is 0 Å². The molecule has 90 valence electrons. The second-order valence-corrected chi connectivity index (χ2v) is 4.14. The molecule has 0 radical (unpaired) electrons. The van der Waals surface area contributed by atoms with E-state index >= 15 is 0 Å². The number of hydrogen-bond acceptors (Lipinski definition) is 4. The highest BCUT2D eigenvalue weighted by Gasteiger charge is 2.15. The fraction of sp³-hybridized carbons (Fsp3) is 0.636. The Balaban J connectivity index is 2.45. The summed E-state index contributed by atoms with van der Waals surface area (Å²) in [5.74, 6) is 1.44. The van der Waals surface area contributed by atoms with Gasteiger partial charge in [-0.25, -0.2) is 4.98 Å². The van der Waals surface area contributed by atoms with Gasteiger partial charge in [0.15, 0.2) is 0 Å². The van der Waals surface area contributed by atoms with Crippen molar-refractivity contribution in [2.45, 2.75) is 33.2 Å². The van der Waals surface area contributed by atoms with Crippen LogP contribution < -0.4 is 11.1 Å². The van der Waals surface area contributed by atoms with Crippen molar-refractivity contribution in [3.63, 3.8) is 0 Å². The fourth-order valence-electron chi connectivity index (χ4n) is 1.33. The Hall–Kier alpha value is -1.36. The predicted molar refractivity (Wildman–Crippen MR) is 60.6 cm³/mol. The zero-order valence-corrected chi connectivity index (χ0v) is 9.99. The summed E-state index contributed by atoms with van der Waals surface area (Å²) in [7, 11) is 0.